The maximum absolute atomic E-state index is 12.5. The largest absolute Gasteiger partial charge is 0.494 e. The Morgan fingerprint density at radius 1 is 1.04 bits per heavy atom. The molecule has 1 saturated heterocycles. The number of benzene rings is 1. The molecule has 4 amide bonds. The van der Waals surface area contributed by atoms with Crippen LogP contribution in [0, 0.1) is 0 Å². The third kappa shape index (κ3) is 4.35. The van der Waals surface area contributed by atoms with Crippen molar-refractivity contribution in [2.75, 3.05) is 20.3 Å². The highest BCUT2D eigenvalue weighted by molar-refractivity contribution is 7.09. The predicted molar refractivity (Wildman–Crippen MR) is 101 cm³/mol. The van der Waals surface area contributed by atoms with Crippen LogP contribution in [-0.2, 0) is 22.7 Å². The van der Waals surface area contributed by atoms with Crippen molar-refractivity contribution in [3.63, 3.8) is 0 Å². The standard InChI is InChI=1S/C19H21N3O4S/c1-3-26-15-8-6-14(7-9-15)11-20(2)13-22-18(24)17(23)21(19(22)25)12-16-5-4-10-27-16/h4-10H,3,11-13H2,1-2H3. The Bertz CT molecular complexity index is 820. The average molecular weight is 387 g/mol. The van der Waals surface area contributed by atoms with Crippen molar-refractivity contribution in [1.82, 2.24) is 14.7 Å². The molecule has 7 nitrogen and oxygen atoms in total. The Kier molecular flexibility index (Phi) is 5.88. The van der Waals surface area contributed by atoms with E-state index in [4.69, 9.17) is 4.74 Å². The summed E-state index contributed by atoms with van der Waals surface area (Å²) < 4.78 is 5.41. The van der Waals surface area contributed by atoms with Gasteiger partial charge in [0, 0.05) is 11.4 Å². The Morgan fingerprint density at radius 3 is 2.37 bits per heavy atom. The maximum atomic E-state index is 12.5. The summed E-state index contributed by atoms with van der Waals surface area (Å²) in [6, 6.07) is 10.7. The minimum atomic E-state index is -0.782. The van der Waals surface area contributed by atoms with Crippen LogP contribution in [0.15, 0.2) is 41.8 Å². The van der Waals surface area contributed by atoms with Crippen LogP contribution < -0.4 is 4.74 Å². The molecule has 1 aromatic carbocycles. The highest BCUT2D eigenvalue weighted by Crippen LogP contribution is 2.19. The molecular weight excluding hydrogens is 366 g/mol. The van der Waals surface area contributed by atoms with E-state index in [1.165, 1.54) is 11.3 Å². The third-order valence-corrected chi connectivity index (χ3v) is 4.96. The summed E-state index contributed by atoms with van der Waals surface area (Å²) in [6.45, 7) is 3.24. The Balaban J connectivity index is 1.61. The molecule has 1 fully saturated rings. The van der Waals surface area contributed by atoms with E-state index in [1.54, 1.807) is 7.05 Å². The van der Waals surface area contributed by atoms with Gasteiger partial charge in [0.15, 0.2) is 0 Å². The summed E-state index contributed by atoms with van der Waals surface area (Å²) in [5.41, 5.74) is 1.02. The van der Waals surface area contributed by atoms with Gasteiger partial charge in [0.05, 0.1) is 19.8 Å². The van der Waals surface area contributed by atoms with Crippen LogP contribution in [0.3, 0.4) is 0 Å². The van der Waals surface area contributed by atoms with E-state index in [0.717, 1.165) is 26.0 Å². The highest BCUT2D eigenvalue weighted by atomic mass is 32.1. The summed E-state index contributed by atoms with van der Waals surface area (Å²) in [4.78, 5) is 41.6. The molecule has 142 valence electrons. The van der Waals surface area contributed by atoms with Crippen LogP contribution in [0.1, 0.15) is 17.4 Å². The lowest BCUT2D eigenvalue weighted by atomic mass is 10.2. The molecule has 0 spiro atoms. The second-order valence-electron chi connectivity index (χ2n) is 6.22. The molecule has 1 aliphatic rings. The van der Waals surface area contributed by atoms with Crippen molar-refractivity contribution < 1.29 is 19.1 Å². The van der Waals surface area contributed by atoms with Crippen molar-refractivity contribution in [2.45, 2.75) is 20.0 Å². The summed E-state index contributed by atoms with van der Waals surface area (Å²) in [5.74, 6) is -0.762. The molecule has 1 aromatic heterocycles. The smallest absolute Gasteiger partial charge is 0.335 e. The number of hydrogen-bond donors (Lipinski definition) is 0. The zero-order chi connectivity index (χ0) is 19.4. The summed E-state index contributed by atoms with van der Waals surface area (Å²) in [5, 5.41) is 1.87. The summed E-state index contributed by atoms with van der Waals surface area (Å²) >= 11 is 1.44. The SMILES string of the molecule is CCOc1ccc(CN(C)CN2C(=O)C(=O)N(Cc3cccs3)C2=O)cc1. The van der Waals surface area contributed by atoms with Crippen molar-refractivity contribution in [2.24, 2.45) is 0 Å². The van der Waals surface area contributed by atoms with Crippen LogP contribution in [0.25, 0.3) is 0 Å². The number of carbonyl (C=O) groups is 3. The molecule has 0 radical (unpaired) electrons. The first-order chi connectivity index (χ1) is 13.0. The van der Waals surface area contributed by atoms with Gasteiger partial charge < -0.3 is 4.74 Å². The lowest BCUT2D eigenvalue weighted by Gasteiger charge is -2.22. The van der Waals surface area contributed by atoms with Gasteiger partial charge in [-0.05, 0) is 43.1 Å². The number of ether oxygens (including phenoxy) is 1. The maximum Gasteiger partial charge on any atom is 0.335 e. The van der Waals surface area contributed by atoms with E-state index in [0.29, 0.717) is 13.2 Å². The topological polar surface area (TPSA) is 70.2 Å². The molecule has 2 heterocycles. The zero-order valence-electron chi connectivity index (χ0n) is 15.3. The fourth-order valence-electron chi connectivity index (χ4n) is 2.83. The van der Waals surface area contributed by atoms with E-state index in [1.807, 2.05) is 53.6 Å². The van der Waals surface area contributed by atoms with Gasteiger partial charge in [-0.25, -0.2) is 9.69 Å². The first kappa shape index (κ1) is 19.1. The van der Waals surface area contributed by atoms with Gasteiger partial charge in [-0.15, -0.1) is 11.3 Å². The number of amides is 4. The van der Waals surface area contributed by atoms with Crippen molar-refractivity contribution in [3.05, 3.63) is 52.2 Å². The van der Waals surface area contributed by atoms with Crippen molar-refractivity contribution in [1.29, 1.82) is 0 Å². The van der Waals surface area contributed by atoms with Crippen molar-refractivity contribution in [3.8, 4) is 5.75 Å². The molecule has 3 rings (SSSR count). The lowest BCUT2D eigenvalue weighted by Crippen LogP contribution is -2.40. The number of urea groups is 1. The van der Waals surface area contributed by atoms with E-state index >= 15 is 0 Å². The molecule has 1 aliphatic heterocycles. The van der Waals surface area contributed by atoms with Gasteiger partial charge in [-0.2, -0.15) is 0 Å². The minimum Gasteiger partial charge on any atom is -0.494 e. The summed E-state index contributed by atoms with van der Waals surface area (Å²) in [6.07, 6.45) is 0. The molecule has 0 N–H and O–H groups in total. The highest BCUT2D eigenvalue weighted by Gasteiger charge is 2.44. The number of rotatable bonds is 8. The Morgan fingerprint density at radius 2 is 1.74 bits per heavy atom. The quantitative estimate of drug-likeness (QED) is 0.514. The van der Waals surface area contributed by atoms with Gasteiger partial charge in [-0.3, -0.25) is 19.4 Å². The van der Waals surface area contributed by atoms with E-state index < -0.39 is 17.8 Å². The molecular formula is C19H21N3O4S. The fraction of sp³-hybridized carbons (Fsp3) is 0.316. The predicted octanol–water partition coefficient (Wildman–Crippen LogP) is 2.53. The molecule has 0 unspecified atom stereocenters. The molecule has 0 atom stereocenters. The molecule has 0 aliphatic carbocycles. The molecule has 0 saturated carbocycles. The third-order valence-electron chi connectivity index (χ3n) is 4.10. The summed E-state index contributed by atoms with van der Waals surface area (Å²) in [7, 11) is 1.80. The van der Waals surface area contributed by atoms with Crippen LogP contribution >= 0.6 is 11.3 Å². The number of carbonyl (C=O) groups excluding carboxylic acids is 3. The first-order valence-electron chi connectivity index (χ1n) is 8.59. The monoisotopic (exact) mass is 387 g/mol. The van der Waals surface area contributed by atoms with Gasteiger partial charge in [0.1, 0.15) is 5.75 Å². The van der Waals surface area contributed by atoms with Gasteiger partial charge in [0.25, 0.3) is 0 Å². The van der Waals surface area contributed by atoms with Gasteiger partial charge in [0.2, 0.25) is 0 Å². The average Bonchev–Trinajstić information content (AvgIpc) is 3.23. The number of imide groups is 2. The number of thiophene rings is 1. The fourth-order valence-corrected chi connectivity index (χ4v) is 3.53. The van der Waals surface area contributed by atoms with E-state index in [9.17, 15) is 14.4 Å². The Hall–Kier alpha value is -2.71. The van der Waals surface area contributed by atoms with Gasteiger partial charge >= 0.3 is 17.8 Å². The van der Waals surface area contributed by atoms with Crippen molar-refractivity contribution >= 4 is 29.2 Å². The van der Waals surface area contributed by atoms with Crippen LogP contribution in [0.5, 0.6) is 5.75 Å². The van der Waals surface area contributed by atoms with Crippen LogP contribution in [0.4, 0.5) is 4.79 Å². The molecule has 27 heavy (non-hydrogen) atoms. The molecule has 8 heteroatoms. The van der Waals surface area contributed by atoms with E-state index in [2.05, 4.69) is 0 Å². The number of hydrogen-bond acceptors (Lipinski definition) is 6. The first-order valence-corrected chi connectivity index (χ1v) is 9.47. The minimum absolute atomic E-state index is 0.0531. The van der Waals surface area contributed by atoms with Gasteiger partial charge in [-0.1, -0.05) is 18.2 Å². The Labute approximate surface area is 161 Å². The zero-order valence-corrected chi connectivity index (χ0v) is 16.1. The lowest BCUT2D eigenvalue weighted by molar-refractivity contribution is -0.144. The van der Waals surface area contributed by atoms with Crippen LogP contribution in [-0.4, -0.2) is 52.9 Å². The molecule has 2 aromatic rings. The number of nitrogens with zero attached hydrogens (tertiary/aromatic N) is 3. The second-order valence-corrected chi connectivity index (χ2v) is 7.25. The van der Waals surface area contributed by atoms with Crippen LogP contribution in [0.2, 0.25) is 0 Å². The second kappa shape index (κ2) is 8.32. The molecule has 0 bridgehead atoms. The normalized spacial score (nSPS) is 14.6. The van der Waals surface area contributed by atoms with E-state index in [-0.39, 0.29) is 13.2 Å².